The lowest BCUT2D eigenvalue weighted by molar-refractivity contribution is 0.0172. The molecule has 1 atom stereocenters. The van der Waals surface area contributed by atoms with Gasteiger partial charge in [0.2, 0.25) is 0 Å². The van der Waals surface area contributed by atoms with Crippen LogP contribution < -0.4 is 4.74 Å². The van der Waals surface area contributed by atoms with Gasteiger partial charge in [-0.05, 0) is 57.9 Å². The molecule has 3 rings (SSSR count). The Kier molecular flexibility index (Phi) is 6.20. The Balaban J connectivity index is 1.75. The molecule has 0 saturated carbocycles. The highest BCUT2D eigenvalue weighted by Gasteiger charge is 2.32. The Hall–Kier alpha value is -2.89. The number of piperidine rings is 1. The minimum atomic E-state index is -0.584. The molecule has 1 amide bonds. The highest BCUT2D eigenvalue weighted by atomic mass is 19.1. The summed E-state index contributed by atoms with van der Waals surface area (Å²) in [5, 5.41) is 0. The standard InChI is InChI=1S/C23H26FNO4/c1-23(2,3)29-22(27)25-13-7-8-16(15-25)21(26)19-11-4-5-12-20(19)28-18-10-6-9-17(24)14-18/h4-6,9-12,14,16H,7-8,13,15H2,1-3H3. The zero-order valence-corrected chi connectivity index (χ0v) is 17.0. The minimum Gasteiger partial charge on any atom is -0.457 e. The van der Waals surface area contributed by atoms with Crippen molar-refractivity contribution in [3.05, 3.63) is 59.9 Å². The van der Waals surface area contributed by atoms with Gasteiger partial charge in [-0.2, -0.15) is 0 Å². The van der Waals surface area contributed by atoms with E-state index in [2.05, 4.69) is 0 Å². The number of hydrogen-bond donors (Lipinski definition) is 0. The maximum atomic E-state index is 13.5. The number of Topliss-reactive ketones (excluding diaryl/α,β-unsaturated/α-hetero) is 1. The molecule has 1 heterocycles. The molecule has 5 nitrogen and oxygen atoms in total. The normalized spacial score (nSPS) is 17.0. The lowest BCUT2D eigenvalue weighted by Gasteiger charge is -2.33. The number of halogens is 1. The van der Waals surface area contributed by atoms with Crippen LogP contribution in [0.1, 0.15) is 44.0 Å². The number of ether oxygens (including phenoxy) is 2. The van der Waals surface area contributed by atoms with Crippen LogP contribution >= 0.6 is 0 Å². The van der Waals surface area contributed by atoms with Crippen LogP contribution in [0.15, 0.2) is 48.5 Å². The van der Waals surface area contributed by atoms with Gasteiger partial charge in [-0.15, -0.1) is 0 Å². The largest absolute Gasteiger partial charge is 0.457 e. The topological polar surface area (TPSA) is 55.8 Å². The van der Waals surface area contributed by atoms with Crippen molar-refractivity contribution in [1.29, 1.82) is 0 Å². The molecule has 0 aromatic heterocycles. The van der Waals surface area contributed by atoms with Gasteiger partial charge in [0.25, 0.3) is 0 Å². The summed E-state index contributed by atoms with van der Waals surface area (Å²) in [6.07, 6.45) is 1.01. The van der Waals surface area contributed by atoms with E-state index in [-0.39, 0.29) is 11.7 Å². The van der Waals surface area contributed by atoms with Crippen molar-refractivity contribution >= 4 is 11.9 Å². The summed E-state index contributed by atoms with van der Waals surface area (Å²) in [7, 11) is 0. The first-order valence-electron chi connectivity index (χ1n) is 9.77. The van der Waals surface area contributed by atoms with E-state index in [0.717, 1.165) is 6.42 Å². The molecule has 1 aliphatic heterocycles. The first kappa shape index (κ1) is 20.8. The molecule has 0 bridgehead atoms. The zero-order chi connectivity index (χ0) is 21.0. The summed E-state index contributed by atoms with van der Waals surface area (Å²) in [6, 6.07) is 12.7. The van der Waals surface area contributed by atoms with E-state index in [0.29, 0.717) is 36.6 Å². The van der Waals surface area contributed by atoms with E-state index < -0.39 is 17.5 Å². The lowest BCUT2D eigenvalue weighted by atomic mass is 9.89. The first-order chi connectivity index (χ1) is 13.7. The van der Waals surface area contributed by atoms with Crippen LogP contribution in [-0.4, -0.2) is 35.5 Å². The molecule has 154 valence electrons. The average molecular weight is 399 g/mol. The zero-order valence-electron chi connectivity index (χ0n) is 17.0. The number of hydrogen-bond acceptors (Lipinski definition) is 4. The monoisotopic (exact) mass is 399 g/mol. The van der Waals surface area contributed by atoms with E-state index in [1.165, 1.54) is 12.1 Å². The molecule has 1 saturated heterocycles. The summed E-state index contributed by atoms with van der Waals surface area (Å²) in [5.41, 5.74) is -0.160. The van der Waals surface area contributed by atoms with Crippen LogP contribution in [0.3, 0.4) is 0 Å². The van der Waals surface area contributed by atoms with Crippen molar-refractivity contribution < 1.29 is 23.5 Å². The van der Waals surface area contributed by atoms with Gasteiger partial charge in [0.05, 0.1) is 5.56 Å². The molecule has 0 N–H and O–H groups in total. The maximum absolute atomic E-state index is 13.5. The second kappa shape index (κ2) is 8.64. The fourth-order valence-electron chi connectivity index (χ4n) is 3.32. The highest BCUT2D eigenvalue weighted by molar-refractivity contribution is 6.00. The van der Waals surface area contributed by atoms with Crippen LogP contribution in [0, 0.1) is 11.7 Å². The molecular weight excluding hydrogens is 373 g/mol. The Morgan fingerprint density at radius 2 is 1.86 bits per heavy atom. The average Bonchev–Trinajstić information content (AvgIpc) is 2.67. The third-order valence-corrected chi connectivity index (χ3v) is 4.62. The van der Waals surface area contributed by atoms with Gasteiger partial charge < -0.3 is 14.4 Å². The number of carbonyl (C=O) groups is 2. The van der Waals surface area contributed by atoms with Gasteiger partial charge in [-0.3, -0.25) is 4.79 Å². The Bertz CT molecular complexity index is 890. The fraction of sp³-hybridized carbons (Fsp3) is 0.391. The van der Waals surface area contributed by atoms with Crippen LogP contribution in [0.4, 0.5) is 9.18 Å². The van der Waals surface area contributed by atoms with Gasteiger partial charge in [-0.1, -0.05) is 18.2 Å². The molecule has 29 heavy (non-hydrogen) atoms. The predicted octanol–water partition coefficient (Wildman–Crippen LogP) is 5.45. The third kappa shape index (κ3) is 5.56. The van der Waals surface area contributed by atoms with Crippen molar-refractivity contribution in [3.8, 4) is 11.5 Å². The van der Waals surface area contributed by atoms with Crippen molar-refractivity contribution in [2.45, 2.75) is 39.2 Å². The van der Waals surface area contributed by atoms with Gasteiger partial charge in [-0.25, -0.2) is 9.18 Å². The third-order valence-electron chi connectivity index (χ3n) is 4.62. The van der Waals surface area contributed by atoms with Gasteiger partial charge in [0, 0.05) is 25.1 Å². The molecule has 1 unspecified atom stereocenters. The predicted molar refractivity (Wildman–Crippen MR) is 108 cm³/mol. The quantitative estimate of drug-likeness (QED) is 0.642. The van der Waals surface area contributed by atoms with Crippen LogP contribution in [0.25, 0.3) is 0 Å². The molecule has 0 spiro atoms. The number of ketones is 1. The fourth-order valence-corrected chi connectivity index (χ4v) is 3.32. The lowest BCUT2D eigenvalue weighted by Crippen LogP contribution is -2.44. The smallest absolute Gasteiger partial charge is 0.410 e. The van der Waals surface area contributed by atoms with E-state index in [4.69, 9.17) is 9.47 Å². The second-order valence-corrected chi connectivity index (χ2v) is 8.19. The molecule has 1 fully saturated rings. The van der Waals surface area contributed by atoms with Crippen molar-refractivity contribution in [2.75, 3.05) is 13.1 Å². The molecule has 0 aliphatic carbocycles. The molecule has 0 radical (unpaired) electrons. The van der Waals surface area contributed by atoms with Crippen LogP contribution in [-0.2, 0) is 4.74 Å². The number of likely N-dealkylation sites (tertiary alicyclic amines) is 1. The number of amides is 1. The Morgan fingerprint density at radius 1 is 1.10 bits per heavy atom. The van der Waals surface area contributed by atoms with E-state index in [1.54, 1.807) is 41.3 Å². The molecule has 1 aliphatic rings. The van der Waals surface area contributed by atoms with Crippen molar-refractivity contribution in [2.24, 2.45) is 5.92 Å². The van der Waals surface area contributed by atoms with E-state index in [9.17, 15) is 14.0 Å². The Morgan fingerprint density at radius 3 is 2.59 bits per heavy atom. The van der Waals surface area contributed by atoms with Gasteiger partial charge in [0.1, 0.15) is 22.9 Å². The number of rotatable bonds is 4. The molecule has 6 heteroatoms. The summed E-state index contributed by atoms with van der Waals surface area (Å²) in [6.45, 7) is 6.33. The number of carbonyl (C=O) groups excluding carboxylic acids is 2. The summed E-state index contributed by atoms with van der Waals surface area (Å²) in [4.78, 5) is 27.2. The number of nitrogens with zero attached hydrogens (tertiary/aromatic N) is 1. The summed E-state index contributed by atoms with van der Waals surface area (Å²) in [5.74, 6) is -0.146. The van der Waals surface area contributed by atoms with Gasteiger partial charge >= 0.3 is 6.09 Å². The Labute approximate surface area is 170 Å². The van der Waals surface area contributed by atoms with Crippen LogP contribution in [0.2, 0.25) is 0 Å². The summed E-state index contributed by atoms with van der Waals surface area (Å²) < 4.78 is 24.7. The maximum Gasteiger partial charge on any atom is 0.410 e. The minimum absolute atomic E-state index is 0.0924. The second-order valence-electron chi connectivity index (χ2n) is 8.19. The van der Waals surface area contributed by atoms with Gasteiger partial charge in [0.15, 0.2) is 5.78 Å². The number of benzene rings is 2. The first-order valence-corrected chi connectivity index (χ1v) is 9.77. The van der Waals surface area contributed by atoms with E-state index in [1.807, 2.05) is 20.8 Å². The van der Waals surface area contributed by atoms with E-state index >= 15 is 0 Å². The molecular formula is C23H26FNO4. The molecule has 2 aromatic carbocycles. The van der Waals surface area contributed by atoms with Crippen molar-refractivity contribution in [1.82, 2.24) is 4.90 Å². The SMILES string of the molecule is CC(C)(C)OC(=O)N1CCCC(C(=O)c2ccccc2Oc2cccc(F)c2)C1. The molecule has 2 aromatic rings. The number of para-hydroxylation sites is 1. The summed E-state index contributed by atoms with van der Waals surface area (Å²) >= 11 is 0. The highest BCUT2D eigenvalue weighted by Crippen LogP contribution is 2.30. The van der Waals surface area contributed by atoms with Crippen molar-refractivity contribution in [3.63, 3.8) is 0 Å². The van der Waals surface area contributed by atoms with Crippen LogP contribution in [0.5, 0.6) is 11.5 Å².